The van der Waals surface area contributed by atoms with E-state index in [1.807, 2.05) is 5.87 Å². The van der Waals surface area contributed by atoms with Crippen LogP contribution in [0.4, 0.5) is 0 Å². The molecule has 0 saturated carbocycles. The molecule has 23 heavy (non-hydrogen) atoms. The number of benzene rings is 1. The Morgan fingerprint density at radius 3 is 1.96 bits per heavy atom. The van der Waals surface area contributed by atoms with Crippen LogP contribution in [0.5, 0.6) is 0 Å². The molecule has 0 spiro atoms. The molecule has 1 N–H and O–H groups in total. The summed E-state index contributed by atoms with van der Waals surface area (Å²) in [6.45, 7) is 1.33. The van der Waals surface area contributed by atoms with Gasteiger partial charge in [-0.1, -0.05) is 25.1 Å². The highest BCUT2D eigenvalue weighted by Crippen LogP contribution is 2.29. The van der Waals surface area contributed by atoms with Gasteiger partial charge in [0.1, 0.15) is 4.91 Å². The van der Waals surface area contributed by atoms with Crippen LogP contribution in [-0.4, -0.2) is 40.4 Å². The van der Waals surface area contributed by atoms with Gasteiger partial charge in [0.2, 0.25) is 9.84 Å². The highest BCUT2D eigenvalue weighted by Gasteiger charge is 2.40. The molecule has 8 heteroatoms. The van der Waals surface area contributed by atoms with Crippen LogP contribution in [0.2, 0.25) is 0 Å². The third-order valence-electron chi connectivity index (χ3n) is 3.29. The number of hydrogen-bond acceptors (Lipinski definition) is 7. The zero-order valence-electron chi connectivity index (χ0n) is 12.9. The molecule has 1 atom stereocenters. The number of methoxy groups -OCH3 is 2. The topological polar surface area (TPSA) is 111 Å². The van der Waals surface area contributed by atoms with Gasteiger partial charge in [-0.2, -0.15) is 0 Å². The molecule has 0 saturated heterocycles. The van der Waals surface area contributed by atoms with E-state index in [4.69, 9.17) is 5.41 Å². The van der Waals surface area contributed by atoms with Gasteiger partial charge in [-0.25, -0.2) is 8.42 Å². The average Bonchev–Trinajstić information content (AvgIpc) is 2.55. The Hall–Kier alpha value is -2.44. The molecule has 0 amide bonds. The third kappa shape index (κ3) is 3.85. The third-order valence-corrected chi connectivity index (χ3v) is 5.24. The number of carbonyl (C=O) groups is 2. The van der Waals surface area contributed by atoms with Crippen LogP contribution < -0.4 is 0 Å². The summed E-state index contributed by atoms with van der Waals surface area (Å²) in [5.41, 5.74) is 0. The number of nitrogens with one attached hydrogen (secondary N) is 1. The lowest BCUT2D eigenvalue weighted by molar-refractivity contribution is -0.160. The van der Waals surface area contributed by atoms with Crippen LogP contribution in [-0.2, 0) is 28.9 Å². The molecule has 0 radical (unpaired) electrons. The Kier molecular flexibility index (Phi) is 6.24. The first-order valence-electron chi connectivity index (χ1n) is 6.56. The largest absolute Gasteiger partial charge is 0.468 e. The van der Waals surface area contributed by atoms with Gasteiger partial charge in [0.15, 0.2) is 5.92 Å². The molecular formula is C15H17NO6S. The highest BCUT2D eigenvalue weighted by atomic mass is 32.2. The van der Waals surface area contributed by atoms with Crippen LogP contribution in [0.1, 0.15) is 6.92 Å². The van der Waals surface area contributed by atoms with E-state index in [2.05, 4.69) is 9.47 Å². The number of hydrogen-bond donors (Lipinski definition) is 1. The molecule has 0 aliphatic carbocycles. The Morgan fingerprint density at radius 1 is 1.09 bits per heavy atom. The predicted molar refractivity (Wildman–Crippen MR) is 81.6 cm³/mol. The smallest absolute Gasteiger partial charge is 0.320 e. The van der Waals surface area contributed by atoms with Gasteiger partial charge in [0.05, 0.1) is 19.1 Å². The van der Waals surface area contributed by atoms with Crippen molar-refractivity contribution in [1.82, 2.24) is 0 Å². The standard InChI is InChI=1S/C15H17NO6S/c1-10(13(14(17)21-2)15(18)22-3)12(9-16)23(19,20)11-7-5-4-6-8-11/h4-8,10,13,16H,1-3H3. The maximum atomic E-state index is 12.6. The Balaban J connectivity index is 3.36. The van der Waals surface area contributed by atoms with E-state index in [1.54, 1.807) is 6.07 Å². The molecule has 0 aliphatic rings. The minimum absolute atomic E-state index is 0.0601. The number of esters is 2. The number of rotatable bonds is 6. The molecule has 1 rings (SSSR count). The van der Waals surface area contributed by atoms with Crippen molar-refractivity contribution in [1.29, 1.82) is 5.41 Å². The van der Waals surface area contributed by atoms with E-state index in [-0.39, 0.29) is 4.90 Å². The van der Waals surface area contributed by atoms with Gasteiger partial charge >= 0.3 is 11.9 Å². The van der Waals surface area contributed by atoms with Gasteiger partial charge in [-0.3, -0.25) is 15.0 Å². The van der Waals surface area contributed by atoms with Crippen molar-refractivity contribution in [3.05, 3.63) is 35.2 Å². The molecule has 0 aliphatic heterocycles. The number of sulfone groups is 1. The first kappa shape index (κ1) is 18.6. The fourth-order valence-corrected chi connectivity index (χ4v) is 3.59. The SMILES string of the molecule is COC(=O)C(C(=O)OC)C(C)C(=C=N)S(=O)(=O)c1ccccc1. The summed E-state index contributed by atoms with van der Waals surface area (Å²) in [5, 5.41) is 7.31. The van der Waals surface area contributed by atoms with Crippen LogP contribution >= 0.6 is 0 Å². The van der Waals surface area contributed by atoms with Gasteiger partial charge in [0.25, 0.3) is 0 Å². The predicted octanol–water partition coefficient (Wildman–Crippen LogP) is 1.19. The zero-order valence-corrected chi connectivity index (χ0v) is 13.7. The van der Waals surface area contributed by atoms with Crippen LogP contribution in [0, 0.1) is 17.2 Å². The van der Waals surface area contributed by atoms with Crippen molar-refractivity contribution in [2.24, 2.45) is 11.8 Å². The Bertz CT molecular complexity index is 718. The highest BCUT2D eigenvalue weighted by molar-refractivity contribution is 7.95. The van der Waals surface area contributed by atoms with E-state index in [0.29, 0.717) is 0 Å². The molecule has 1 aromatic rings. The Morgan fingerprint density at radius 2 is 1.57 bits per heavy atom. The van der Waals surface area contributed by atoms with Crippen LogP contribution in [0.3, 0.4) is 0 Å². The van der Waals surface area contributed by atoms with E-state index in [0.717, 1.165) is 14.2 Å². The quantitative estimate of drug-likeness (QED) is 0.473. The van der Waals surface area contributed by atoms with E-state index < -0.39 is 38.5 Å². The monoisotopic (exact) mass is 339 g/mol. The number of ether oxygens (including phenoxy) is 2. The summed E-state index contributed by atoms with van der Waals surface area (Å²) in [6, 6.07) is 7.39. The summed E-state index contributed by atoms with van der Waals surface area (Å²) < 4.78 is 34.3. The molecule has 0 bridgehead atoms. The molecular weight excluding hydrogens is 322 g/mol. The fraction of sp³-hybridized carbons (Fsp3) is 0.333. The average molecular weight is 339 g/mol. The van der Waals surface area contributed by atoms with Gasteiger partial charge < -0.3 is 9.47 Å². The number of allylic oxidation sites excluding steroid dienone is 1. The minimum atomic E-state index is -4.08. The first-order chi connectivity index (χ1) is 10.8. The normalized spacial score (nSPS) is 12.2. The van der Waals surface area contributed by atoms with Gasteiger partial charge in [-0.05, 0) is 18.0 Å². The molecule has 1 aromatic carbocycles. The maximum absolute atomic E-state index is 12.6. The summed E-state index contributed by atoms with van der Waals surface area (Å²) in [4.78, 5) is 23.1. The first-order valence-corrected chi connectivity index (χ1v) is 8.05. The molecule has 124 valence electrons. The molecule has 0 fully saturated rings. The van der Waals surface area contributed by atoms with Crippen LogP contribution in [0.15, 0.2) is 40.1 Å². The van der Waals surface area contributed by atoms with Crippen molar-refractivity contribution in [3.8, 4) is 0 Å². The summed E-state index contributed by atoms with van der Waals surface area (Å²) in [6.07, 6.45) is 0. The lowest BCUT2D eigenvalue weighted by Crippen LogP contribution is -2.34. The second kappa shape index (κ2) is 7.71. The minimum Gasteiger partial charge on any atom is -0.468 e. The van der Waals surface area contributed by atoms with E-state index >= 15 is 0 Å². The van der Waals surface area contributed by atoms with E-state index in [1.165, 1.54) is 31.2 Å². The van der Waals surface area contributed by atoms with E-state index in [9.17, 15) is 18.0 Å². The molecule has 0 heterocycles. The van der Waals surface area contributed by atoms with Crippen molar-refractivity contribution in [2.45, 2.75) is 11.8 Å². The van der Waals surface area contributed by atoms with Crippen LogP contribution in [0.25, 0.3) is 0 Å². The molecule has 1 unspecified atom stereocenters. The summed E-state index contributed by atoms with van der Waals surface area (Å²) in [5.74, 6) is -2.72. The summed E-state index contributed by atoms with van der Waals surface area (Å²) in [7, 11) is -1.93. The molecule has 7 nitrogen and oxygen atoms in total. The van der Waals surface area contributed by atoms with Crippen molar-refractivity contribution in [3.63, 3.8) is 0 Å². The van der Waals surface area contributed by atoms with Gasteiger partial charge in [-0.15, -0.1) is 0 Å². The Labute approximate surface area is 134 Å². The zero-order chi connectivity index (χ0) is 17.6. The second-order valence-corrected chi connectivity index (χ2v) is 6.54. The lowest BCUT2D eigenvalue weighted by atomic mass is 9.94. The fourth-order valence-electron chi connectivity index (χ4n) is 2.06. The molecule has 0 aromatic heterocycles. The van der Waals surface area contributed by atoms with Crippen molar-refractivity contribution in [2.75, 3.05) is 14.2 Å². The van der Waals surface area contributed by atoms with Crippen molar-refractivity contribution < 1.29 is 27.5 Å². The summed E-state index contributed by atoms with van der Waals surface area (Å²) >= 11 is 0. The van der Waals surface area contributed by atoms with Gasteiger partial charge in [0, 0.05) is 5.92 Å². The lowest BCUT2D eigenvalue weighted by Gasteiger charge is -2.20. The second-order valence-electron chi connectivity index (χ2n) is 4.62. The maximum Gasteiger partial charge on any atom is 0.320 e. The van der Waals surface area contributed by atoms with Crippen molar-refractivity contribution >= 4 is 27.6 Å². The number of carbonyl (C=O) groups excluding carboxylic acids is 2.